The van der Waals surface area contributed by atoms with Crippen LogP contribution in [0.4, 0.5) is 0 Å². The molecule has 3 heterocycles. The summed E-state index contributed by atoms with van der Waals surface area (Å²) in [5, 5.41) is 1.41. The van der Waals surface area contributed by atoms with Gasteiger partial charge in [-0.05, 0) is 44.3 Å². The van der Waals surface area contributed by atoms with E-state index in [1.54, 1.807) is 0 Å². The molecule has 5 rings (SSSR count). The molecule has 2 aromatic rings. The van der Waals surface area contributed by atoms with Crippen molar-refractivity contribution < 1.29 is 0 Å². The predicted molar refractivity (Wildman–Crippen MR) is 82.1 cm³/mol. The fraction of sp³-hybridized carbons (Fsp3) is 0.471. The van der Waals surface area contributed by atoms with Gasteiger partial charge in [-0.1, -0.05) is 24.3 Å². The van der Waals surface area contributed by atoms with Crippen molar-refractivity contribution in [1.82, 2.24) is 9.88 Å². The minimum atomic E-state index is 0.309. The molecular weight excluding hydrogens is 264 g/mol. The van der Waals surface area contributed by atoms with Crippen LogP contribution in [-0.4, -0.2) is 23.0 Å². The van der Waals surface area contributed by atoms with E-state index in [9.17, 15) is 0 Å². The SMILES string of the molecule is c1ccc2c(c1)Cc1sc(C34CCCN3CCC4)nc1-2. The van der Waals surface area contributed by atoms with Gasteiger partial charge in [-0.2, -0.15) is 0 Å². The van der Waals surface area contributed by atoms with Crippen LogP contribution in [0, 0.1) is 0 Å². The van der Waals surface area contributed by atoms with Gasteiger partial charge in [0, 0.05) is 16.9 Å². The molecule has 2 nitrogen and oxygen atoms in total. The van der Waals surface area contributed by atoms with E-state index in [-0.39, 0.29) is 0 Å². The largest absolute Gasteiger partial charge is 0.292 e. The number of hydrogen-bond acceptors (Lipinski definition) is 3. The van der Waals surface area contributed by atoms with E-state index in [4.69, 9.17) is 4.98 Å². The number of hydrogen-bond donors (Lipinski definition) is 0. The first-order chi connectivity index (χ1) is 9.87. The van der Waals surface area contributed by atoms with E-state index >= 15 is 0 Å². The van der Waals surface area contributed by atoms with Crippen LogP contribution >= 0.6 is 11.3 Å². The predicted octanol–water partition coefficient (Wildman–Crippen LogP) is 3.80. The Morgan fingerprint density at radius 2 is 1.90 bits per heavy atom. The minimum Gasteiger partial charge on any atom is -0.292 e. The van der Waals surface area contributed by atoms with E-state index in [0.717, 1.165) is 6.42 Å². The van der Waals surface area contributed by atoms with Gasteiger partial charge in [-0.3, -0.25) is 4.90 Å². The third-order valence-electron chi connectivity index (χ3n) is 5.36. The first-order valence-corrected chi connectivity index (χ1v) is 8.52. The van der Waals surface area contributed by atoms with E-state index in [0.29, 0.717) is 5.54 Å². The highest BCUT2D eigenvalue weighted by molar-refractivity contribution is 7.12. The van der Waals surface area contributed by atoms with Gasteiger partial charge in [-0.25, -0.2) is 4.98 Å². The lowest BCUT2D eigenvalue weighted by Crippen LogP contribution is -2.35. The molecule has 1 aromatic carbocycles. The third kappa shape index (κ3) is 1.35. The second-order valence-electron chi connectivity index (χ2n) is 6.35. The van der Waals surface area contributed by atoms with Gasteiger partial charge >= 0.3 is 0 Å². The highest BCUT2D eigenvalue weighted by Crippen LogP contribution is 2.50. The van der Waals surface area contributed by atoms with Gasteiger partial charge in [0.05, 0.1) is 11.2 Å². The van der Waals surface area contributed by atoms with Crippen LogP contribution in [0.15, 0.2) is 24.3 Å². The highest BCUT2D eigenvalue weighted by Gasteiger charge is 2.48. The lowest BCUT2D eigenvalue weighted by molar-refractivity contribution is 0.197. The Hall–Kier alpha value is -1.19. The van der Waals surface area contributed by atoms with E-state index in [2.05, 4.69) is 29.2 Å². The summed E-state index contributed by atoms with van der Waals surface area (Å²) in [6.45, 7) is 2.56. The van der Waals surface area contributed by atoms with Crippen LogP contribution in [0.2, 0.25) is 0 Å². The van der Waals surface area contributed by atoms with E-state index < -0.39 is 0 Å². The molecule has 3 heteroatoms. The molecule has 2 saturated heterocycles. The molecular formula is C17H18N2S. The van der Waals surface area contributed by atoms with Crippen molar-refractivity contribution in [2.24, 2.45) is 0 Å². The molecule has 102 valence electrons. The van der Waals surface area contributed by atoms with Gasteiger partial charge in [0.1, 0.15) is 5.01 Å². The Bertz CT molecular complexity index is 678. The lowest BCUT2D eigenvalue weighted by atomic mass is 9.95. The number of thiazole rings is 1. The van der Waals surface area contributed by atoms with E-state index in [1.165, 1.54) is 65.5 Å². The quantitative estimate of drug-likeness (QED) is 0.675. The average molecular weight is 282 g/mol. The van der Waals surface area contributed by atoms with Crippen molar-refractivity contribution in [2.45, 2.75) is 37.6 Å². The fourth-order valence-electron chi connectivity index (χ4n) is 4.41. The molecule has 20 heavy (non-hydrogen) atoms. The van der Waals surface area contributed by atoms with Crippen LogP contribution in [0.3, 0.4) is 0 Å². The summed E-state index contributed by atoms with van der Waals surface area (Å²) in [5.41, 5.74) is 4.43. The smallest absolute Gasteiger partial charge is 0.114 e. The fourth-order valence-corrected chi connectivity index (χ4v) is 5.79. The first-order valence-electron chi connectivity index (χ1n) is 7.70. The number of nitrogens with zero attached hydrogens (tertiary/aromatic N) is 2. The van der Waals surface area contributed by atoms with Gasteiger partial charge in [0.15, 0.2) is 0 Å². The topological polar surface area (TPSA) is 16.1 Å². The summed E-state index contributed by atoms with van der Waals surface area (Å²) in [4.78, 5) is 9.32. The maximum Gasteiger partial charge on any atom is 0.114 e. The van der Waals surface area contributed by atoms with Crippen LogP contribution < -0.4 is 0 Å². The molecule has 0 N–H and O–H groups in total. The maximum absolute atomic E-state index is 5.12. The van der Waals surface area contributed by atoms with Crippen LogP contribution in [0.5, 0.6) is 0 Å². The Morgan fingerprint density at radius 3 is 2.75 bits per heavy atom. The van der Waals surface area contributed by atoms with Gasteiger partial charge in [-0.15, -0.1) is 11.3 Å². The number of rotatable bonds is 1. The molecule has 0 saturated carbocycles. The molecule has 3 aliphatic rings. The average Bonchev–Trinajstić information content (AvgIpc) is 3.16. The van der Waals surface area contributed by atoms with Crippen LogP contribution in [0.25, 0.3) is 11.3 Å². The standard InChI is InChI=1S/C17H18N2S/c1-2-6-13-12(5-1)11-14-15(13)18-16(20-14)17-7-3-9-19(17)10-4-8-17/h1-2,5-6H,3-4,7-11H2. The molecule has 1 aromatic heterocycles. The summed E-state index contributed by atoms with van der Waals surface area (Å²) in [7, 11) is 0. The monoisotopic (exact) mass is 282 g/mol. The maximum atomic E-state index is 5.12. The highest BCUT2D eigenvalue weighted by atomic mass is 32.1. The van der Waals surface area contributed by atoms with Crippen molar-refractivity contribution in [3.05, 3.63) is 39.7 Å². The zero-order valence-electron chi connectivity index (χ0n) is 11.6. The van der Waals surface area contributed by atoms with Crippen molar-refractivity contribution >= 4 is 11.3 Å². The summed E-state index contributed by atoms with van der Waals surface area (Å²) >= 11 is 1.99. The second kappa shape index (κ2) is 3.92. The normalized spacial score (nSPS) is 22.8. The number of fused-ring (bicyclic) bond motifs is 4. The Morgan fingerprint density at radius 1 is 1.10 bits per heavy atom. The molecule has 0 atom stereocenters. The second-order valence-corrected chi connectivity index (χ2v) is 7.43. The molecule has 2 fully saturated rings. The summed E-state index contributed by atoms with van der Waals surface area (Å²) in [6, 6.07) is 8.77. The summed E-state index contributed by atoms with van der Waals surface area (Å²) < 4.78 is 0. The van der Waals surface area contributed by atoms with Crippen molar-refractivity contribution in [3.8, 4) is 11.3 Å². The van der Waals surface area contributed by atoms with E-state index in [1.807, 2.05) is 11.3 Å². The van der Waals surface area contributed by atoms with Gasteiger partial charge in [0.2, 0.25) is 0 Å². The molecule has 0 radical (unpaired) electrons. The first kappa shape index (κ1) is 11.5. The Kier molecular flexibility index (Phi) is 2.25. The Labute approximate surface area is 123 Å². The molecule has 0 bridgehead atoms. The van der Waals surface area contributed by atoms with Crippen LogP contribution in [0.1, 0.15) is 41.1 Å². The van der Waals surface area contributed by atoms with Gasteiger partial charge in [0.25, 0.3) is 0 Å². The van der Waals surface area contributed by atoms with Crippen LogP contribution in [-0.2, 0) is 12.0 Å². The summed E-state index contributed by atoms with van der Waals surface area (Å²) in [5.74, 6) is 0. The zero-order chi connectivity index (χ0) is 13.2. The summed E-state index contributed by atoms with van der Waals surface area (Å²) in [6.07, 6.45) is 6.43. The van der Waals surface area contributed by atoms with Crippen molar-refractivity contribution in [3.63, 3.8) is 0 Å². The van der Waals surface area contributed by atoms with Gasteiger partial charge < -0.3 is 0 Å². The minimum absolute atomic E-state index is 0.309. The molecule has 0 unspecified atom stereocenters. The van der Waals surface area contributed by atoms with Crippen molar-refractivity contribution in [1.29, 1.82) is 0 Å². The Balaban J connectivity index is 1.63. The molecule has 2 aliphatic heterocycles. The number of aromatic nitrogens is 1. The van der Waals surface area contributed by atoms with Crippen molar-refractivity contribution in [2.75, 3.05) is 13.1 Å². The molecule has 1 aliphatic carbocycles. The number of benzene rings is 1. The third-order valence-corrected chi connectivity index (χ3v) is 6.61. The molecule has 0 spiro atoms. The molecule has 0 amide bonds. The zero-order valence-corrected chi connectivity index (χ0v) is 12.4. The lowest BCUT2D eigenvalue weighted by Gasteiger charge is -2.29.